The van der Waals surface area contributed by atoms with Gasteiger partial charge in [0.1, 0.15) is 5.75 Å². The summed E-state index contributed by atoms with van der Waals surface area (Å²) in [7, 11) is 1.97. The molecular formula is C13H21NO. The molecule has 0 radical (unpaired) electrons. The Morgan fingerprint density at radius 2 is 2.07 bits per heavy atom. The van der Waals surface area contributed by atoms with Crippen molar-refractivity contribution in [1.82, 2.24) is 5.32 Å². The van der Waals surface area contributed by atoms with Crippen molar-refractivity contribution < 1.29 is 4.74 Å². The third kappa shape index (κ3) is 3.56. The van der Waals surface area contributed by atoms with E-state index < -0.39 is 0 Å². The lowest BCUT2D eigenvalue weighted by Gasteiger charge is -2.14. The number of nitrogens with one attached hydrogen (secondary N) is 1. The summed E-state index contributed by atoms with van der Waals surface area (Å²) in [6, 6.07) is 6.19. The van der Waals surface area contributed by atoms with Crippen LogP contribution in [-0.2, 0) is 0 Å². The Hall–Kier alpha value is -1.02. The van der Waals surface area contributed by atoms with E-state index in [-0.39, 0.29) is 0 Å². The van der Waals surface area contributed by atoms with Gasteiger partial charge in [0.15, 0.2) is 0 Å². The molecule has 0 fully saturated rings. The van der Waals surface area contributed by atoms with Crippen LogP contribution >= 0.6 is 0 Å². The molecule has 2 heteroatoms. The van der Waals surface area contributed by atoms with Crippen molar-refractivity contribution in [3.05, 3.63) is 29.3 Å². The maximum absolute atomic E-state index is 5.79. The van der Waals surface area contributed by atoms with Crippen LogP contribution in [0.2, 0.25) is 0 Å². The molecule has 2 nitrogen and oxygen atoms in total. The number of ether oxygens (including phenoxy) is 1. The van der Waals surface area contributed by atoms with Crippen molar-refractivity contribution >= 4 is 0 Å². The van der Waals surface area contributed by atoms with Crippen LogP contribution in [0, 0.1) is 19.8 Å². The molecule has 1 rings (SSSR count). The highest BCUT2D eigenvalue weighted by Gasteiger charge is 2.04. The average molecular weight is 207 g/mol. The second-order valence-electron chi connectivity index (χ2n) is 4.17. The lowest BCUT2D eigenvalue weighted by molar-refractivity contribution is 0.256. The van der Waals surface area contributed by atoms with Crippen LogP contribution in [0.25, 0.3) is 0 Å². The normalized spacial score (nSPS) is 12.5. The van der Waals surface area contributed by atoms with E-state index in [1.54, 1.807) is 0 Å². The van der Waals surface area contributed by atoms with Gasteiger partial charge in [-0.1, -0.05) is 19.1 Å². The first-order valence-electron chi connectivity index (χ1n) is 5.48. The zero-order valence-electron chi connectivity index (χ0n) is 10.1. The van der Waals surface area contributed by atoms with Crippen molar-refractivity contribution in [2.45, 2.75) is 20.8 Å². The van der Waals surface area contributed by atoms with Crippen LogP contribution in [0.3, 0.4) is 0 Å². The lowest BCUT2D eigenvalue weighted by atomic mass is 10.1. The molecule has 0 heterocycles. The number of rotatable bonds is 5. The van der Waals surface area contributed by atoms with Crippen molar-refractivity contribution in [1.29, 1.82) is 0 Å². The first-order valence-corrected chi connectivity index (χ1v) is 5.48. The summed E-state index contributed by atoms with van der Waals surface area (Å²) in [5, 5.41) is 3.15. The molecular weight excluding hydrogens is 186 g/mol. The molecule has 0 aliphatic carbocycles. The largest absolute Gasteiger partial charge is 0.493 e. The summed E-state index contributed by atoms with van der Waals surface area (Å²) in [4.78, 5) is 0. The van der Waals surface area contributed by atoms with Crippen molar-refractivity contribution in [3.63, 3.8) is 0 Å². The molecule has 0 aromatic heterocycles. The Morgan fingerprint density at radius 1 is 1.33 bits per heavy atom. The minimum atomic E-state index is 0.537. The van der Waals surface area contributed by atoms with E-state index in [4.69, 9.17) is 4.74 Å². The molecule has 1 aromatic rings. The Labute approximate surface area is 92.6 Å². The van der Waals surface area contributed by atoms with Crippen LogP contribution in [0.5, 0.6) is 5.75 Å². The Kier molecular flexibility index (Phi) is 4.63. The highest BCUT2D eigenvalue weighted by atomic mass is 16.5. The zero-order chi connectivity index (χ0) is 11.3. The van der Waals surface area contributed by atoms with Gasteiger partial charge in [-0.3, -0.25) is 0 Å². The van der Waals surface area contributed by atoms with Gasteiger partial charge >= 0.3 is 0 Å². The third-order valence-electron chi connectivity index (χ3n) is 2.63. The van der Waals surface area contributed by atoms with E-state index >= 15 is 0 Å². The van der Waals surface area contributed by atoms with E-state index in [9.17, 15) is 0 Å². The first-order chi connectivity index (χ1) is 7.15. The molecule has 15 heavy (non-hydrogen) atoms. The van der Waals surface area contributed by atoms with Crippen molar-refractivity contribution in [2.75, 3.05) is 20.2 Å². The molecule has 0 aliphatic heterocycles. The van der Waals surface area contributed by atoms with Crippen molar-refractivity contribution in [3.8, 4) is 5.75 Å². The molecule has 1 atom stereocenters. The van der Waals surface area contributed by atoms with E-state index in [0.717, 1.165) is 18.9 Å². The van der Waals surface area contributed by atoms with E-state index in [2.05, 4.69) is 32.2 Å². The fourth-order valence-electron chi connectivity index (χ4n) is 1.52. The number of hydrogen-bond acceptors (Lipinski definition) is 2. The smallest absolute Gasteiger partial charge is 0.122 e. The molecule has 84 valence electrons. The number of hydrogen-bond donors (Lipinski definition) is 1. The Morgan fingerprint density at radius 3 is 2.73 bits per heavy atom. The van der Waals surface area contributed by atoms with Gasteiger partial charge in [-0.15, -0.1) is 0 Å². The quantitative estimate of drug-likeness (QED) is 0.801. The SMILES string of the molecule is CNCC(C)COc1cccc(C)c1C. The molecule has 0 aliphatic rings. The Bertz CT molecular complexity index is 309. The molecule has 1 unspecified atom stereocenters. The monoisotopic (exact) mass is 207 g/mol. The molecule has 1 aromatic carbocycles. The van der Waals surface area contributed by atoms with Crippen LogP contribution in [0.15, 0.2) is 18.2 Å². The minimum absolute atomic E-state index is 0.537. The standard InChI is InChI=1S/C13H21NO/c1-10(8-14-4)9-15-13-7-5-6-11(2)12(13)3/h5-7,10,14H,8-9H2,1-4H3. The van der Waals surface area contributed by atoms with Gasteiger partial charge in [0, 0.05) is 12.5 Å². The summed E-state index contributed by atoms with van der Waals surface area (Å²) in [5.41, 5.74) is 2.53. The molecule has 0 bridgehead atoms. The summed E-state index contributed by atoms with van der Waals surface area (Å²) in [6.07, 6.45) is 0. The second-order valence-corrected chi connectivity index (χ2v) is 4.17. The van der Waals surface area contributed by atoms with Gasteiger partial charge in [-0.2, -0.15) is 0 Å². The van der Waals surface area contributed by atoms with Gasteiger partial charge in [0.2, 0.25) is 0 Å². The van der Waals surface area contributed by atoms with Gasteiger partial charge in [0.05, 0.1) is 6.61 Å². The highest BCUT2D eigenvalue weighted by molar-refractivity contribution is 5.38. The Balaban J connectivity index is 2.54. The average Bonchev–Trinajstić information content (AvgIpc) is 2.21. The second kappa shape index (κ2) is 5.76. The van der Waals surface area contributed by atoms with Gasteiger partial charge < -0.3 is 10.1 Å². The fraction of sp³-hybridized carbons (Fsp3) is 0.538. The van der Waals surface area contributed by atoms with E-state index in [1.165, 1.54) is 11.1 Å². The number of aryl methyl sites for hydroxylation is 1. The topological polar surface area (TPSA) is 21.3 Å². The summed E-state index contributed by atoms with van der Waals surface area (Å²) in [5.74, 6) is 1.55. The predicted molar refractivity (Wildman–Crippen MR) is 64.5 cm³/mol. The molecule has 0 saturated carbocycles. The molecule has 1 N–H and O–H groups in total. The maximum Gasteiger partial charge on any atom is 0.122 e. The van der Waals surface area contributed by atoms with Gasteiger partial charge in [-0.05, 0) is 38.1 Å². The van der Waals surface area contributed by atoms with Crippen LogP contribution in [0.1, 0.15) is 18.1 Å². The lowest BCUT2D eigenvalue weighted by Crippen LogP contribution is -2.21. The van der Waals surface area contributed by atoms with Crippen LogP contribution in [0.4, 0.5) is 0 Å². The van der Waals surface area contributed by atoms with Crippen LogP contribution in [-0.4, -0.2) is 20.2 Å². The number of benzene rings is 1. The minimum Gasteiger partial charge on any atom is -0.493 e. The summed E-state index contributed by atoms with van der Waals surface area (Å²) in [6.45, 7) is 8.16. The maximum atomic E-state index is 5.79. The van der Waals surface area contributed by atoms with Gasteiger partial charge in [0.25, 0.3) is 0 Å². The molecule has 0 amide bonds. The van der Waals surface area contributed by atoms with E-state index in [0.29, 0.717) is 5.92 Å². The third-order valence-corrected chi connectivity index (χ3v) is 2.63. The summed E-state index contributed by atoms with van der Waals surface area (Å²) >= 11 is 0. The molecule has 0 spiro atoms. The van der Waals surface area contributed by atoms with Crippen LogP contribution < -0.4 is 10.1 Å². The predicted octanol–water partition coefficient (Wildman–Crippen LogP) is 2.54. The van der Waals surface area contributed by atoms with E-state index in [1.807, 2.05) is 19.2 Å². The fourth-order valence-corrected chi connectivity index (χ4v) is 1.52. The highest BCUT2D eigenvalue weighted by Crippen LogP contribution is 2.20. The van der Waals surface area contributed by atoms with Crippen molar-refractivity contribution in [2.24, 2.45) is 5.92 Å². The zero-order valence-corrected chi connectivity index (χ0v) is 10.1. The summed E-state index contributed by atoms with van der Waals surface area (Å²) < 4.78 is 5.79. The van der Waals surface area contributed by atoms with Gasteiger partial charge in [-0.25, -0.2) is 0 Å². The molecule has 0 saturated heterocycles. The first kappa shape index (κ1) is 12.1.